The molecule has 1 aromatic carbocycles. The number of nitrogens with one attached hydrogen (secondary N) is 1. The molecule has 1 aliphatic rings. The summed E-state index contributed by atoms with van der Waals surface area (Å²) in [6.07, 6.45) is 31.7. The molecule has 1 aliphatic heterocycles. The number of aliphatic hydroxyl groups excluding tert-OH is 2. The maximum Gasteiger partial charge on any atom is 0.306 e. The lowest BCUT2D eigenvalue weighted by Gasteiger charge is -2.43. The first-order valence-electron chi connectivity index (χ1n) is 27.1. The number of amides is 1. The molecule has 0 radical (unpaired) electrons. The fourth-order valence-electron chi connectivity index (χ4n) is 8.92. The van der Waals surface area contributed by atoms with Gasteiger partial charge in [0, 0.05) is 12.8 Å². The summed E-state index contributed by atoms with van der Waals surface area (Å²) < 4.78 is 24.3. The Labute approximate surface area is 396 Å². The summed E-state index contributed by atoms with van der Waals surface area (Å²) in [5.41, 5.74) is 0.864. The van der Waals surface area contributed by atoms with Crippen molar-refractivity contribution in [1.29, 1.82) is 0 Å². The summed E-state index contributed by atoms with van der Waals surface area (Å²) >= 11 is 0. The highest BCUT2D eigenvalue weighted by molar-refractivity contribution is 5.78. The molecule has 0 aromatic heterocycles. The van der Waals surface area contributed by atoms with Crippen LogP contribution in [0.25, 0.3) is 0 Å². The molecular weight excluding hydrogens is 819 g/mol. The van der Waals surface area contributed by atoms with Crippen molar-refractivity contribution in [2.24, 2.45) is 0 Å². The number of unbranched alkanes of at least 4 members (excludes halogenated alkanes) is 28. The van der Waals surface area contributed by atoms with Gasteiger partial charge in [0.05, 0.1) is 19.6 Å². The van der Waals surface area contributed by atoms with Crippen molar-refractivity contribution < 1.29 is 43.5 Å². The predicted molar refractivity (Wildman–Crippen MR) is 263 cm³/mol. The van der Waals surface area contributed by atoms with Gasteiger partial charge in [-0.3, -0.25) is 14.4 Å². The van der Waals surface area contributed by atoms with Gasteiger partial charge in [-0.1, -0.05) is 231 Å². The number of benzene rings is 1. The van der Waals surface area contributed by atoms with Gasteiger partial charge in [0.25, 0.3) is 0 Å². The average molecular weight is 916 g/mol. The summed E-state index contributed by atoms with van der Waals surface area (Å²) in [6, 6.07) is 8.43. The van der Waals surface area contributed by atoms with Crippen LogP contribution in [0.5, 0.6) is 0 Å². The van der Waals surface area contributed by atoms with Crippen molar-refractivity contribution in [3.63, 3.8) is 0 Å². The highest BCUT2D eigenvalue weighted by Crippen LogP contribution is 2.27. The number of hydrogen-bond acceptors (Lipinski definition) is 9. The van der Waals surface area contributed by atoms with Gasteiger partial charge in [-0.15, -0.1) is 0 Å². The third-order valence-electron chi connectivity index (χ3n) is 13.0. The van der Waals surface area contributed by atoms with Crippen molar-refractivity contribution in [1.82, 2.24) is 5.32 Å². The van der Waals surface area contributed by atoms with Gasteiger partial charge in [-0.2, -0.15) is 0 Å². The largest absolute Gasteiger partial charge is 0.462 e. The van der Waals surface area contributed by atoms with E-state index in [0.717, 1.165) is 63.4 Å². The van der Waals surface area contributed by atoms with Crippen LogP contribution in [0.3, 0.4) is 0 Å². The van der Waals surface area contributed by atoms with Crippen LogP contribution in [-0.2, 0) is 39.9 Å². The van der Waals surface area contributed by atoms with E-state index in [2.05, 4.69) is 26.1 Å². The molecule has 0 unspecified atom stereocenters. The molecule has 0 spiro atoms. The molecule has 1 amide bonds. The van der Waals surface area contributed by atoms with Crippen molar-refractivity contribution in [2.45, 2.75) is 289 Å². The van der Waals surface area contributed by atoms with Crippen molar-refractivity contribution in [3.05, 3.63) is 35.9 Å². The van der Waals surface area contributed by atoms with Gasteiger partial charge in [0.2, 0.25) is 5.91 Å². The molecule has 1 heterocycles. The molecule has 0 aliphatic carbocycles. The Kier molecular flexibility index (Phi) is 36.5. The second kappa shape index (κ2) is 40.5. The standard InChI is InChI=1S/C55H97NO9/c1-4-7-10-13-16-19-21-24-27-30-36-41-50(59)63-47(40-35-29-26-23-18-15-12-9-6-3)43-49(58)56-52-54(65-51(60)42-37-31-28-25-22-20-17-14-11-8-5-2)53(61)48(44-57)64-55(52)62-45-46-38-33-32-34-39-46/h32-34,38-39,47-48,52-55,57,61H,4-31,35-37,40-45H2,1-3H3,(H,56,58)/t47-,48-,52-,53-,54-,55-/m1/s1. The minimum absolute atomic E-state index is 0.0815. The highest BCUT2D eigenvalue weighted by Gasteiger charge is 2.48. The lowest BCUT2D eigenvalue weighted by atomic mass is 9.96. The zero-order valence-corrected chi connectivity index (χ0v) is 41.8. The highest BCUT2D eigenvalue weighted by atomic mass is 16.7. The smallest absolute Gasteiger partial charge is 0.306 e. The predicted octanol–water partition coefficient (Wildman–Crippen LogP) is 13.3. The van der Waals surface area contributed by atoms with Crippen LogP contribution in [0.2, 0.25) is 0 Å². The van der Waals surface area contributed by atoms with E-state index in [9.17, 15) is 24.6 Å². The SMILES string of the molecule is CCCCCCCCCCCCCC(=O)O[C@H](CCCCCCCCCCC)CC(=O)N[C@H]1[C@H](OCc2ccccc2)O[C@H](CO)[C@@H](O)[C@@H]1OC(=O)CCCCCCCCCCCCC. The molecule has 0 bridgehead atoms. The van der Waals surface area contributed by atoms with Crippen molar-refractivity contribution >= 4 is 17.8 Å². The fourth-order valence-corrected chi connectivity index (χ4v) is 8.92. The summed E-state index contributed by atoms with van der Waals surface area (Å²) in [5.74, 6) is -1.18. The summed E-state index contributed by atoms with van der Waals surface area (Å²) in [6.45, 7) is 6.31. The Morgan fingerprint density at radius 1 is 0.600 bits per heavy atom. The molecule has 10 heteroatoms. The second-order valence-electron chi connectivity index (χ2n) is 19.1. The van der Waals surface area contributed by atoms with Gasteiger partial charge < -0.3 is 34.5 Å². The van der Waals surface area contributed by atoms with Gasteiger partial charge in [-0.05, 0) is 31.2 Å². The normalized spacial score (nSPS) is 18.9. The van der Waals surface area contributed by atoms with Gasteiger partial charge in [0.15, 0.2) is 12.4 Å². The molecule has 1 saturated heterocycles. The summed E-state index contributed by atoms with van der Waals surface area (Å²) in [5, 5.41) is 24.6. The summed E-state index contributed by atoms with van der Waals surface area (Å²) in [7, 11) is 0. The van der Waals surface area contributed by atoms with Gasteiger partial charge in [0.1, 0.15) is 24.4 Å². The number of hydrogen-bond donors (Lipinski definition) is 3. The minimum atomic E-state index is -1.41. The van der Waals surface area contributed by atoms with E-state index in [1.54, 1.807) is 0 Å². The quantitative estimate of drug-likeness (QED) is 0.0431. The lowest BCUT2D eigenvalue weighted by Crippen LogP contribution is -2.66. The number of aliphatic hydroxyl groups is 2. The maximum absolute atomic E-state index is 14.0. The van der Waals surface area contributed by atoms with E-state index in [-0.39, 0.29) is 25.4 Å². The molecule has 3 N–H and O–H groups in total. The van der Waals surface area contributed by atoms with Crippen LogP contribution in [0.4, 0.5) is 0 Å². The first-order valence-corrected chi connectivity index (χ1v) is 27.1. The second-order valence-corrected chi connectivity index (χ2v) is 19.1. The van der Waals surface area contributed by atoms with Crippen LogP contribution in [0, 0.1) is 0 Å². The number of ether oxygens (including phenoxy) is 4. The molecule has 0 saturated carbocycles. The van der Waals surface area contributed by atoms with Crippen LogP contribution in [-0.4, -0.2) is 71.4 Å². The van der Waals surface area contributed by atoms with Crippen LogP contribution in [0.15, 0.2) is 30.3 Å². The van der Waals surface area contributed by atoms with Crippen molar-refractivity contribution in [3.8, 4) is 0 Å². The lowest BCUT2D eigenvalue weighted by molar-refractivity contribution is -0.276. The Bertz CT molecular complexity index is 1280. The fraction of sp³-hybridized carbons (Fsp3) is 0.836. The molecular formula is C55H97NO9. The van der Waals surface area contributed by atoms with E-state index in [4.69, 9.17) is 18.9 Å². The zero-order valence-electron chi connectivity index (χ0n) is 41.8. The van der Waals surface area contributed by atoms with E-state index in [1.165, 1.54) is 135 Å². The first kappa shape index (κ1) is 58.6. The van der Waals surface area contributed by atoms with Gasteiger partial charge in [-0.25, -0.2) is 0 Å². The third-order valence-corrected chi connectivity index (χ3v) is 13.0. The molecule has 2 rings (SSSR count). The van der Waals surface area contributed by atoms with Crippen LogP contribution < -0.4 is 5.32 Å². The van der Waals surface area contributed by atoms with Crippen LogP contribution >= 0.6 is 0 Å². The van der Waals surface area contributed by atoms with Gasteiger partial charge >= 0.3 is 11.9 Å². The Morgan fingerprint density at radius 2 is 1.03 bits per heavy atom. The number of esters is 2. The summed E-state index contributed by atoms with van der Waals surface area (Å²) in [4.78, 5) is 40.6. The molecule has 10 nitrogen and oxygen atoms in total. The van der Waals surface area contributed by atoms with E-state index in [1.807, 2.05) is 30.3 Å². The molecule has 1 fully saturated rings. The third kappa shape index (κ3) is 29.8. The minimum Gasteiger partial charge on any atom is -0.462 e. The molecule has 6 atom stereocenters. The monoisotopic (exact) mass is 916 g/mol. The number of carbonyl (C=O) groups excluding carboxylic acids is 3. The van der Waals surface area contributed by atoms with E-state index >= 15 is 0 Å². The maximum atomic E-state index is 14.0. The van der Waals surface area contributed by atoms with Crippen LogP contribution in [0.1, 0.15) is 251 Å². The Balaban J connectivity index is 2.05. The molecule has 376 valence electrons. The average Bonchev–Trinajstić information content (AvgIpc) is 3.30. The van der Waals surface area contributed by atoms with Crippen molar-refractivity contribution in [2.75, 3.05) is 6.61 Å². The topological polar surface area (TPSA) is 141 Å². The number of carbonyl (C=O) groups is 3. The zero-order chi connectivity index (χ0) is 47.0. The van der Waals surface area contributed by atoms with E-state index in [0.29, 0.717) is 19.3 Å². The molecule has 65 heavy (non-hydrogen) atoms. The molecule has 1 aromatic rings. The Morgan fingerprint density at radius 3 is 1.49 bits per heavy atom. The number of rotatable bonds is 43. The Hall–Kier alpha value is -2.53. The first-order chi connectivity index (χ1) is 31.8. The van der Waals surface area contributed by atoms with E-state index < -0.39 is 55.2 Å².